The number of halogens is 2. The lowest BCUT2D eigenvalue weighted by atomic mass is 9.95. The van der Waals surface area contributed by atoms with Gasteiger partial charge in [-0.3, -0.25) is 4.79 Å². The lowest BCUT2D eigenvalue weighted by Crippen LogP contribution is -2.29. The Kier molecular flexibility index (Phi) is 7.02. The van der Waals surface area contributed by atoms with Gasteiger partial charge in [0, 0.05) is 9.89 Å². The summed E-state index contributed by atoms with van der Waals surface area (Å²) in [6.45, 7) is 10.2. The van der Waals surface area contributed by atoms with Crippen molar-refractivity contribution in [3.63, 3.8) is 0 Å². The number of fused-ring (bicyclic) bond motifs is 1. The number of benzene rings is 2. The van der Waals surface area contributed by atoms with Crippen LogP contribution in [0, 0.1) is 3.57 Å². The summed E-state index contributed by atoms with van der Waals surface area (Å²) in [5.74, 6) is 1.47. The first-order valence-corrected chi connectivity index (χ1v) is 11.7. The smallest absolute Gasteiger partial charge is 0.282 e. The van der Waals surface area contributed by atoms with Gasteiger partial charge in [0.2, 0.25) is 0 Å². The molecule has 0 saturated carbocycles. The number of aromatic nitrogens is 2. The number of hydrogen-bond donors (Lipinski definition) is 0. The summed E-state index contributed by atoms with van der Waals surface area (Å²) in [6, 6.07) is 11.4. The molecule has 2 aromatic carbocycles. The van der Waals surface area contributed by atoms with Crippen molar-refractivity contribution in [2.75, 3.05) is 0 Å². The highest BCUT2D eigenvalue weighted by Crippen LogP contribution is 2.25. The van der Waals surface area contributed by atoms with Crippen LogP contribution in [0.5, 0.6) is 5.75 Å². The van der Waals surface area contributed by atoms with Crippen LogP contribution in [-0.2, 0) is 5.41 Å². The van der Waals surface area contributed by atoms with Crippen LogP contribution in [0.15, 0.2) is 50.8 Å². The van der Waals surface area contributed by atoms with Crippen molar-refractivity contribution in [1.82, 2.24) is 9.66 Å². The molecule has 30 heavy (non-hydrogen) atoms. The number of rotatable bonds is 5. The molecular weight excluding hydrogens is 557 g/mol. The van der Waals surface area contributed by atoms with E-state index >= 15 is 0 Å². The fourth-order valence-electron chi connectivity index (χ4n) is 2.86. The van der Waals surface area contributed by atoms with E-state index in [0.717, 1.165) is 25.8 Å². The second-order valence-corrected chi connectivity index (χ2v) is 10.3. The highest BCUT2D eigenvalue weighted by Gasteiger charge is 2.22. The fourth-order valence-corrected chi connectivity index (χ4v) is 3.89. The number of nitrogens with zero attached hydrogens (tertiary/aromatic N) is 3. The van der Waals surface area contributed by atoms with E-state index in [2.05, 4.69) is 57.5 Å². The van der Waals surface area contributed by atoms with Gasteiger partial charge < -0.3 is 4.74 Å². The molecule has 1 aromatic heterocycles. The predicted molar refractivity (Wildman–Crippen MR) is 135 cm³/mol. The van der Waals surface area contributed by atoms with Gasteiger partial charge in [-0.2, -0.15) is 9.78 Å². The second-order valence-electron chi connectivity index (χ2n) is 8.23. The Morgan fingerprint density at radius 2 is 2.00 bits per heavy atom. The zero-order valence-electron chi connectivity index (χ0n) is 17.7. The number of ether oxygens (including phenoxy) is 1. The van der Waals surface area contributed by atoms with Gasteiger partial charge in [0.25, 0.3) is 5.56 Å². The molecule has 0 spiro atoms. The minimum atomic E-state index is -0.347. The van der Waals surface area contributed by atoms with Crippen molar-refractivity contribution in [1.29, 1.82) is 0 Å². The summed E-state index contributed by atoms with van der Waals surface area (Å²) in [7, 11) is 0. The van der Waals surface area contributed by atoms with Gasteiger partial charge in [-0.25, -0.2) is 4.98 Å². The van der Waals surface area contributed by atoms with E-state index in [-0.39, 0.29) is 17.1 Å². The van der Waals surface area contributed by atoms with E-state index in [1.807, 2.05) is 51.1 Å². The molecule has 0 bridgehead atoms. The topological polar surface area (TPSA) is 56.5 Å². The molecule has 0 N–H and O–H groups in total. The SMILES string of the molecule is CC[C@H](C)Oc1ccc(C=Nn2c(C(C)(C)C)nc3ccc(Br)cc3c2=O)cc1I. The summed E-state index contributed by atoms with van der Waals surface area (Å²) in [4.78, 5) is 18.0. The van der Waals surface area contributed by atoms with Gasteiger partial charge in [0.05, 0.1) is 26.8 Å². The van der Waals surface area contributed by atoms with Crippen LogP contribution in [0.25, 0.3) is 10.9 Å². The molecular formula is C23H25BrIN3O2. The number of hydrogen-bond acceptors (Lipinski definition) is 4. The largest absolute Gasteiger partial charge is 0.490 e. The molecule has 1 heterocycles. The van der Waals surface area contributed by atoms with Crippen molar-refractivity contribution in [2.24, 2.45) is 5.10 Å². The maximum absolute atomic E-state index is 13.2. The minimum absolute atomic E-state index is 0.161. The van der Waals surface area contributed by atoms with Crippen molar-refractivity contribution >= 4 is 55.6 Å². The quantitative estimate of drug-likeness (QED) is 0.269. The van der Waals surface area contributed by atoms with E-state index in [9.17, 15) is 4.79 Å². The first kappa shape index (κ1) is 22.9. The summed E-state index contributed by atoms with van der Waals surface area (Å²) < 4.78 is 9.17. The molecule has 0 amide bonds. The second kappa shape index (κ2) is 9.18. The van der Waals surface area contributed by atoms with Crippen LogP contribution in [0.1, 0.15) is 52.4 Å². The summed E-state index contributed by atoms with van der Waals surface area (Å²) in [5.41, 5.74) is 1.02. The van der Waals surface area contributed by atoms with Crippen molar-refractivity contribution in [3.8, 4) is 5.75 Å². The van der Waals surface area contributed by atoms with Gasteiger partial charge >= 0.3 is 0 Å². The minimum Gasteiger partial charge on any atom is -0.490 e. The standard InChI is InChI=1S/C23H25BrIN3O2/c1-6-14(2)30-20-10-7-15(11-18(20)25)13-26-28-21(29)17-12-16(24)8-9-19(17)27-22(28)23(3,4)5/h7-14H,6H2,1-5H3/t14-/m0/s1. The Hall–Kier alpha value is -1.74. The molecule has 0 aliphatic heterocycles. The molecule has 0 radical (unpaired) electrons. The van der Waals surface area contributed by atoms with Gasteiger partial charge in [0.15, 0.2) is 0 Å². The Morgan fingerprint density at radius 1 is 1.27 bits per heavy atom. The van der Waals surface area contributed by atoms with Crippen molar-refractivity contribution in [3.05, 3.63) is 66.2 Å². The van der Waals surface area contributed by atoms with Crippen LogP contribution in [0.3, 0.4) is 0 Å². The lowest BCUT2D eigenvalue weighted by Gasteiger charge is -2.20. The van der Waals surface area contributed by atoms with Gasteiger partial charge in [0.1, 0.15) is 11.6 Å². The third-order valence-corrected chi connectivity index (χ3v) is 6.00. The average Bonchev–Trinajstić information content (AvgIpc) is 2.68. The zero-order valence-corrected chi connectivity index (χ0v) is 21.5. The van der Waals surface area contributed by atoms with Crippen LogP contribution in [0.2, 0.25) is 0 Å². The molecule has 0 unspecified atom stereocenters. The highest BCUT2D eigenvalue weighted by atomic mass is 127. The predicted octanol–water partition coefficient (Wildman–Crippen LogP) is 6.12. The van der Waals surface area contributed by atoms with Crippen molar-refractivity contribution in [2.45, 2.75) is 52.6 Å². The van der Waals surface area contributed by atoms with E-state index < -0.39 is 0 Å². The van der Waals surface area contributed by atoms with Crippen molar-refractivity contribution < 1.29 is 4.74 Å². The fraction of sp³-hybridized carbons (Fsp3) is 0.348. The summed E-state index contributed by atoms with van der Waals surface area (Å²) >= 11 is 5.69. The van der Waals surface area contributed by atoms with Gasteiger partial charge in [-0.05, 0) is 77.9 Å². The zero-order chi connectivity index (χ0) is 22.1. The molecule has 0 aliphatic carbocycles. The molecule has 0 fully saturated rings. The first-order chi connectivity index (χ1) is 14.1. The Balaban J connectivity index is 2.06. The molecule has 0 saturated heterocycles. The summed E-state index contributed by atoms with van der Waals surface area (Å²) in [5, 5.41) is 5.06. The molecule has 0 aliphatic rings. The third kappa shape index (κ3) is 5.11. The molecule has 1 atom stereocenters. The molecule has 158 valence electrons. The Morgan fingerprint density at radius 3 is 2.63 bits per heavy atom. The highest BCUT2D eigenvalue weighted by molar-refractivity contribution is 14.1. The normalized spacial score (nSPS) is 13.2. The maximum Gasteiger partial charge on any atom is 0.282 e. The lowest BCUT2D eigenvalue weighted by molar-refractivity contribution is 0.216. The molecule has 3 aromatic rings. The van der Waals surface area contributed by atoms with E-state index in [1.165, 1.54) is 4.68 Å². The Bertz CT molecular complexity index is 1170. The van der Waals surface area contributed by atoms with Crippen LogP contribution >= 0.6 is 38.5 Å². The van der Waals surface area contributed by atoms with Crippen LogP contribution in [-0.4, -0.2) is 22.0 Å². The van der Waals surface area contributed by atoms with E-state index in [4.69, 9.17) is 9.72 Å². The third-order valence-electron chi connectivity index (χ3n) is 4.66. The monoisotopic (exact) mass is 581 g/mol. The van der Waals surface area contributed by atoms with Gasteiger partial charge in [-0.1, -0.05) is 43.6 Å². The van der Waals surface area contributed by atoms with E-state index in [1.54, 1.807) is 12.3 Å². The summed E-state index contributed by atoms with van der Waals surface area (Å²) in [6.07, 6.45) is 2.80. The van der Waals surface area contributed by atoms with Crippen LogP contribution in [0.4, 0.5) is 0 Å². The molecule has 7 heteroatoms. The average molecular weight is 582 g/mol. The van der Waals surface area contributed by atoms with Gasteiger partial charge in [-0.15, -0.1) is 0 Å². The first-order valence-electron chi connectivity index (χ1n) is 9.83. The van der Waals surface area contributed by atoms with Crippen LogP contribution < -0.4 is 10.3 Å². The van der Waals surface area contributed by atoms with E-state index in [0.29, 0.717) is 16.7 Å². The molecule has 5 nitrogen and oxygen atoms in total. The maximum atomic E-state index is 13.2. The molecule has 3 rings (SSSR count). The Labute approximate surface area is 198 Å².